The molecule has 2 aliphatic rings. The summed E-state index contributed by atoms with van der Waals surface area (Å²) in [6.45, 7) is 3.76. The maximum Gasteiger partial charge on any atom is 0.270 e. The summed E-state index contributed by atoms with van der Waals surface area (Å²) >= 11 is 0. The van der Waals surface area contributed by atoms with E-state index in [9.17, 15) is 4.79 Å². The molecule has 3 aromatic heterocycles. The standard InChI is InChI=1S/C30H38N8OP2/c1-35(2)28(39)25-18-21-19-32-29(34-27(21)38(25)23-10-6-7-11-23)33-26-13-12-24(20-31-26)36-14-16-37(17-15-36)30(40,41)22-8-4-3-5-9-22/h3-5,8-9,12-13,18-20,23H,6-7,10-11,14-17,40-41H2,1-2H3,(H,31,32,33,34). The first-order chi connectivity index (χ1) is 19.8. The van der Waals surface area contributed by atoms with Gasteiger partial charge in [-0.3, -0.25) is 9.69 Å². The molecule has 1 saturated carbocycles. The number of carbonyl (C=O) groups excluding carboxylic acids is 1. The molecule has 0 spiro atoms. The first-order valence-corrected chi connectivity index (χ1v) is 15.4. The summed E-state index contributed by atoms with van der Waals surface area (Å²) in [5.74, 6) is 1.16. The van der Waals surface area contributed by atoms with Crippen molar-refractivity contribution in [1.29, 1.82) is 0 Å². The largest absolute Gasteiger partial charge is 0.368 e. The van der Waals surface area contributed by atoms with Crippen LogP contribution < -0.4 is 10.2 Å². The third-order valence-electron chi connectivity index (χ3n) is 8.28. The number of benzene rings is 1. The SMILES string of the molecule is CN(C)C(=O)c1cc2cnc(Nc3ccc(N4CCN(C(P)(P)c5ccccc5)CC4)cn3)nc2n1C1CCCC1. The number of hydrogen-bond donors (Lipinski definition) is 1. The summed E-state index contributed by atoms with van der Waals surface area (Å²) in [6, 6.07) is 16.9. The molecular weight excluding hydrogens is 550 g/mol. The number of piperazine rings is 1. The lowest BCUT2D eigenvalue weighted by atomic mass is 10.2. The molecule has 1 aliphatic heterocycles. The van der Waals surface area contributed by atoms with Gasteiger partial charge < -0.3 is 19.7 Å². The van der Waals surface area contributed by atoms with Crippen LogP contribution in [0.25, 0.3) is 11.0 Å². The van der Waals surface area contributed by atoms with Crippen LogP contribution in [0.2, 0.25) is 0 Å². The Labute approximate surface area is 246 Å². The average Bonchev–Trinajstić information content (AvgIpc) is 3.65. The van der Waals surface area contributed by atoms with Crippen LogP contribution in [-0.4, -0.2) is 75.5 Å². The molecule has 1 aromatic carbocycles. The number of nitrogens with one attached hydrogen (secondary N) is 1. The molecule has 4 aromatic rings. The maximum atomic E-state index is 13.0. The average molecular weight is 589 g/mol. The summed E-state index contributed by atoms with van der Waals surface area (Å²) < 4.78 is 2.13. The van der Waals surface area contributed by atoms with Gasteiger partial charge in [0.1, 0.15) is 17.2 Å². The summed E-state index contributed by atoms with van der Waals surface area (Å²) in [6.07, 6.45) is 8.17. The van der Waals surface area contributed by atoms with E-state index in [4.69, 9.17) is 4.98 Å². The Hall–Kier alpha value is -3.12. The molecule has 4 heterocycles. The Kier molecular flexibility index (Phi) is 7.95. The highest BCUT2D eigenvalue weighted by molar-refractivity contribution is 7.38. The molecule has 2 atom stereocenters. The van der Waals surface area contributed by atoms with Crippen LogP contribution in [0.4, 0.5) is 17.5 Å². The molecule has 11 heteroatoms. The third kappa shape index (κ3) is 5.68. The van der Waals surface area contributed by atoms with Crippen LogP contribution in [0.1, 0.15) is 47.8 Å². The Bertz CT molecular complexity index is 1510. The highest BCUT2D eigenvalue weighted by Crippen LogP contribution is 2.42. The molecule has 2 fully saturated rings. The quantitative estimate of drug-likeness (QED) is 0.302. The second-order valence-electron chi connectivity index (χ2n) is 11.2. The zero-order valence-corrected chi connectivity index (χ0v) is 26.0. The van der Waals surface area contributed by atoms with Crippen molar-refractivity contribution in [2.75, 3.05) is 50.5 Å². The Balaban J connectivity index is 1.15. The number of anilines is 3. The van der Waals surface area contributed by atoms with Gasteiger partial charge in [0, 0.05) is 57.9 Å². The van der Waals surface area contributed by atoms with E-state index in [1.807, 2.05) is 18.3 Å². The fraction of sp³-hybridized carbons (Fsp3) is 0.400. The van der Waals surface area contributed by atoms with Gasteiger partial charge in [0.2, 0.25) is 5.95 Å². The Morgan fingerprint density at radius 3 is 2.37 bits per heavy atom. The summed E-state index contributed by atoms with van der Waals surface area (Å²) in [5, 5.41) is 3.99. The highest BCUT2D eigenvalue weighted by atomic mass is 31.1. The molecule has 214 valence electrons. The van der Waals surface area contributed by atoms with E-state index in [1.165, 1.54) is 18.4 Å². The number of pyridine rings is 1. The lowest BCUT2D eigenvalue weighted by molar-refractivity contribution is 0.0815. The number of fused-ring (bicyclic) bond motifs is 1. The van der Waals surface area contributed by atoms with E-state index in [2.05, 4.69) is 84.5 Å². The van der Waals surface area contributed by atoms with Crippen LogP contribution in [0.5, 0.6) is 0 Å². The predicted molar refractivity (Wildman–Crippen MR) is 172 cm³/mol. The molecular formula is C30H38N8OP2. The maximum absolute atomic E-state index is 13.0. The van der Waals surface area contributed by atoms with Gasteiger partial charge in [-0.15, -0.1) is 18.5 Å². The van der Waals surface area contributed by atoms with Gasteiger partial charge in [0.15, 0.2) is 0 Å². The molecule has 0 bridgehead atoms. The van der Waals surface area contributed by atoms with E-state index in [0.29, 0.717) is 17.5 Å². The van der Waals surface area contributed by atoms with E-state index in [-0.39, 0.29) is 17.0 Å². The van der Waals surface area contributed by atoms with Gasteiger partial charge in [-0.05, 0) is 36.6 Å². The monoisotopic (exact) mass is 588 g/mol. The number of aromatic nitrogens is 4. The second kappa shape index (κ2) is 11.6. The van der Waals surface area contributed by atoms with Crippen molar-refractivity contribution in [3.63, 3.8) is 0 Å². The van der Waals surface area contributed by atoms with Crippen LogP contribution >= 0.6 is 18.5 Å². The highest BCUT2D eigenvalue weighted by Gasteiger charge is 2.32. The van der Waals surface area contributed by atoms with Gasteiger partial charge >= 0.3 is 0 Å². The van der Waals surface area contributed by atoms with E-state index in [0.717, 1.165) is 55.7 Å². The fourth-order valence-corrected chi connectivity index (χ4v) is 6.88. The molecule has 1 N–H and O–H groups in total. The van der Waals surface area contributed by atoms with Crippen molar-refractivity contribution in [1.82, 2.24) is 29.3 Å². The van der Waals surface area contributed by atoms with Gasteiger partial charge in [0.25, 0.3) is 5.91 Å². The molecule has 41 heavy (non-hydrogen) atoms. The van der Waals surface area contributed by atoms with Gasteiger partial charge in [-0.25, -0.2) is 9.97 Å². The normalized spacial score (nSPS) is 16.8. The minimum absolute atomic E-state index is 0.0105. The van der Waals surface area contributed by atoms with E-state index in [1.54, 1.807) is 25.2 Å². The Morgan fingerprint density at radius 1 is 0.976 bits per heavy atom. The Morgan fingerprint density at radius 2 is 1.71 bits per heavy atom. The molecule has 9 nitrogen and oxygen atoms in total. The van der Waals surface area contributed by atoms with Crippen molar-refractivity contribution >= 4 is 52.9 Å². The lowest BCUT2D eigenvalue weighted by Gasteiger charge is -2.44. The van der Waals surface area contributed by atoms with Crippen LogP contribution in [0.15, 0.2) is 60.9 Å². The van der Waals surface area contributed by atoms with Gasteiger partial charge in [-0.2, -0.15) is 4.98 Å². The van der Waals surface area contributed by atoms with Crippen molar-refractivity contribution in [2.24, 2.45) is 0 Å². The zero-order chi connectivity index (χ0) is 28.6. The summed E-state index contributed by atoms with van der Waals surface area (Å²) in [7, 11) is 9.60. The van der Waals surface area contributed by atoms with Crippen LogP contribution in [-0.2, 0) is 5.02 Å². The minimum Gasteiger partial charge on any atom is -0.368 e. The molecule has 0 radical (unpaired) electrons. The number of carbonyl (C=O) groups is 1. The van der Waals surface area contributed by atoms with Crippen molar-refractivity contribution in [3.8, 4) is 0 Å². The first-order valence-electron chi connectivity index (χ1n) is 14.3. The zero-order valence-electron chi connectivity index (χ0n) is 23.7. The van der Waals surface area contributed by atoms with Crippen LogP contribution in [0, 0.1) is 0 Å². The molecule has 1 saturated heterocycles. The first kappa shape index (κ1) is 28.0. The smallest absolute Gasteiger partial charge is 0.270 e. The molecule has 1 aliphatic carbocycles. The van der Waals surface area contributed by atoms with Crippen LogP contribution in [0.3, 0.4) is 0 Å². The summed E-state index contributed by atoms with van der Waals surface area (Å²) in [4.78, 5) is 33.5. The lowest BCUT2D eigenvalue weighted by Crippen LogP contribution is -2.51. The van der Waals surface area contributed by atoms with Gasteiger partial charge in [-0.1, -0.05) is 43.2 Å². The number of rotatable bonds is 7. The molecule has 6 rings (SSSR count). The predicted octanol–water partition coefficient (Wildman–Crippen LogP) is 5.07. The van der Waals surface area contributed by atoms with Gasteiger partial charge in [0.05, 0.1) is 16.9 Å². The van der Waals surface area contributed by atoms with Crippen molar-refractivity contribution < 1.29 is 4.79 Å². The number of hydrogen-bond acceptors (Lipinski definition) is 7. The second-order valence-corrected chi connectivity index (χ2v) is 13.6. The number of amides is 1. The van der Waals surface area contributed by atoms with Crippen molar-refractivity contribution in [2.45, 2.75) is 36.7 Å². The molecule has 1 amide bonds. The third-order valence-corrected chi connectivity index (χ3v) is 9.68. The molecule has 2 unspecified atom stereocenters. The minimum atomic E-state index is -0.168. The fourth-order valence-electron chi connectivity index (χ4n) is 5.98. The summed E-state index contributed by atoms with van der Waals surface area (Å²) in [5.41, 5.74) is 3.85. The van der Waals surface area contributed by atoms with Crippen molar-refractivity contribution in [3.05, 3.63) is 72.2 Å². The topological polar surface area (TPSA) is 82.4 Å². The van der Waals surface area contributed by atoms with E-state index >= 15 is 0 Å². The number of nitrogens with zero attached hydrogens (tertiary/aromatic N) is 7. The van der Waals surface area contributed by atoms with E-state index < -0.39 is 0 Å².